The zero-order valence-corrected chi connectivity index (χ0v) is 14.7. The lowest BCUT2D eigenvalue weighted by atomic mass is 10.1. The molecular formula is C22H20N2O2. The molecule has 0 amide bonds. The van der Waals surface area contributed by atoms with Crippen LogP contribution in [0.5, 0.6) is 0 Å². The molecule has 2 aromatic carbocycles. The van der Waals surface area contributed by atoms with E-state index in [1.54, 1.807) is 21.4 Å². The Labute approximate surface area is 150 Å². The molecule has 0 radical (unpaired) electrons. The molecular weight excluding hydrogens is 324 g/mol. The summed E-state index contributed by atoms with van der Waals surface area (Å²) in [6.45, 7) is 3.13. The van der Waals surface area contributed by atoms with Crippen LogP contribution in [0.1, 0.15) is 18.9 Å². The number of pyridine rings is 2. The van der Waals surface area contributed by atoms with Gasteiger partial charge in [-0.3, -0.25) is 9.59 Å². The molecule has 0 bridgehead atoms. The summed E-state index contributed by atoms with van der Waals surface area (Å²) in [6.07, 6.45) is 2.56. The molecule has 0 aliphatic carbocycles. The Morgan fingerprint density at radius 3 is 2.35 bits per heavy atom. The van der Waals surface area contributed by atoms with E-state index in [0.29, 0.717) is 18.5 Å². The van der Waals surface area contributed by atoms with Gasteiger partial charge in [-0.05, 0) is 18.1 Å². The molecule has 0 N–H and O–H groups in total. The minimum atomic E-state index is -0.0651. The molecule has 0 aliphatic rings. The van der Waals surface area contributed by atoms with Gasteiger partial charge in [0.2, 0.25) is 0 Å². The molecule has 26 heavy (non-hydrogen) atoms. The van der Waals surface area contributed by atoms with E-state index in [1.165, 1.54) is 0 Å². The van der Waals surface area contributed by atoms with Gasteiger partial charge < -0.3 is 9.13 Å². The van der Waals surface area contributed by atoms with Crippen molar-refractivity contribution < 1.29 is 0 Å². The van der Waals surface area contributed by atoms with Crippen LogP contribution >= 0.6 is 0 Å². The van der Waals surface area contributed by atoms with Crippen LogP contribution in [0.2, 0.25) is 0 Å². The normalized spacial score (nSPS) is 11.3. The van der Waals surface area contributed by atoms with E-state index >= 15 is 0 Å². The van der Waals surface area contributed by atoms with Gasteiger partial charge in [0.1, 0.15) is 0 Å². The molecule has 4 rings (SSSR count). The summed E-state index contributed by atoms with van der Waals surface area (Å²) in [7, 11) is 0. The molecule has 0 aliphatic heterocycles. The maximum atomic E-state index is 13.3. The maximum Gasteiger partial charge on any atom is 0.260 e. The van der Waals surface area contributed by atoms with Crippen LogP contribution in [0.3, 0.4) is 0 Å². The Morgan fingerprint density at radius 2 is 1.58 bits per heavy atom. The van der Waals surface area contributed by atoms with E-state index in [-0.39, 0.29) is 11.1 Å². The summed E-state index contributed by atoms with van der Waals surface area (Å²) in [5.74, 6) is 0. The lowest BCUT2D eigenvalue weighted by Crippen LogP contribution is -2.25. The first-order chi connectivity index (χ1) is 12.7. The second kappa shape index (κ2) is 6.64. The lowest BCUT2D eigenvalue weighted by Gasteiger charge is -2.14. The zero-order chi connectivity index (χ0) is 18.1. The van der Waals surface area contributed by atoms with Gasteiger partial charge in [-0.25, -0.2) is 0 Å². The van der Waals surface area contributed by atoms with Gasteiger partial charge >= 0.3 is 0 Å². The number of fused-ring (bicyclic) bond motifs is 3. The van der Waals surface area contributed by atoms with Crippen LogP contribution < -0.4 is 11.1 Å². The standard InChI is InChI=1S/C22H20N2O2/c1-2-12-23-15-19-18(13-21(23)25)17-10-6-7-11-20(17)24(22(19)26)14-16-8-4-3-5-9-16/h3-11,13,15H,2,12,14H2,1H3. The molecule has 130 valence electrons. The third-order valence-corrected chi connectivity index (χ3v) is 4.73. The van der Waals surface area contributed by atoms with Crippen molar-refractivity contribution >= 4 is 21.7 Å². The number of benzene rings is 2. The summed E-state index contributed by atoms with van der Waals surface area (Å²) in [5.41, 5.74) is 1.79. The summed E-state index contributed by atoms with van der Waals surface area (Å²) in [6, 6.07) is 19.3. The lowest BCUT2D eigenvalue weighted by molar-refractivity contribution is 0.657. The number of para-hydroxylation sites is 1. The minimum absolute atomic E-state index is 0.0626. The Bertz CT molecular complexity index is 1200. The summed E-state index contributed by atoms with van der Waals surface area (Å²) < 4.78 is 3.43. The molecule has 0 atom stereocenters. The number of hydrogen-bond donors (Lipinski definition) is 0. The van der Waals surface area contributed by atoms with Crippen LogP contribution in [0, 0.1) is 0 Å². The zero-order valence-electron chi connectivity index (χ0n) is 14.7. The summed E-state index contributed by atoms with van der Waals surface area (Å²) >= 11 is 0. The van der Waals surface area contributed by atoms with Crippen molar-refractivity contribution in [2.45, 2.75) is 26.4 Å². The van der Waals surface area contributed by atoms with Crippen LogP contribution in [0.4, 0.5) is 0 Å². The smallest absolute Gasteiger partial charge is 0.260 e. The maximum absolute atomic E-state index is 13.3. The monoisotopic (exact) mass is 344 g/mol. The average molecular weight is 344 g/mol. The van der Waals surface area contributed by atoms with Crippen molar-refractivity contribution in [3.05, 3.63) is 93.1 Å². The number of nitrogens with zero attached hydrogens (tertiary/aromatic N) is 2. The Balaban J connectivity index is 2.06. The predicted molar refractivity (Wildman–Crippen MR) is 106 cm³/mol. The Hall–Kier alpha value is -3.14. The molecule has 2 heterocycles. The third kappa shape index (κ3) is 2.73. The topological polar surface area (TPSA) is 44.0 Å². The number of rotatable bonds is 4. The first kappa shape index (κ1) is 16.3. The van der Waals surface area contributed by atoms with Crippen molar-refractivity contribution in [1.29, 1.82) is 0 Å². The van der Waals surface area contributed by atoms with Gasteiger partial charge in [0.25, 0.3) is 11.1 Å². The minimum Gasteiger partial charge on any atom is -0.315 e. The van der Waals surface area contributed by atoms with E-state index in [9.17, 15) is 9.59 Å². The van der Waals surface area contributed by atoms with Crippen molar-refractivity contribution in [1.82, 2.24) is 9.13 Å². The van der Waals surface area contributed by atoms with E-state index in [1.807, 2.05) is 61.5 Å². The van der Waals surface area contributed by atoms with Gasteiger partial charge in [0.15, 0.2) is 0 Å². The average Bonchev–Trinajstić information content (AvgIpc) is 2.67. The first-order valence-electron chi connectivity index (χ1n) is 8.88. The molecule has 0 saturated carbocycles. The van der Waals surface area contributed by atoms with Crippen molar-refractivity contribution in [3.63, 3.8) is 0 Å². The van der Waals surface area contributed by atoms with Crippen LogP contribution in [-0.4, -0.2) is 9.13 Å². The molecule has 2 aromatic heterocycles. The molecule has 0 saturated heterocycles. The highest BCUT2D eigenvalue weighted by Gasteiger charge is 2.12. The highest BCUT2D eigenvalue weighted by Crippen LogP contribution is 2.22. The fourth-order valence-corrected chi connectivity index (χ4v) is 3.50. The van der Waals surface area contributed by atoms with Gasteiger partial charge in [-0.15, -0.1) is 0 Å². The number of hydrogen-bond acceptors (Lipinski definition) is 2. The van der Waals surface area contributed by atoms with Crippen LogP contribution in [0.15, 0.2) is 76.4 Å². The van der Waals surface area contributed by atoms with E-state index in [0.717, 1.165) is 28.3 Å². The Kier molecular flexibility index (Phi) is 4.17. The van der Waals surface area contributed by atoms with Crippen molar-refractivity contribution in [3.8, 4) is 0 Å². The van der Waals surface area contributed by atoms with E-state index < -0.39 is 0 Å². The van der Waals surface area contributed by atoms with E-state index in [2.05, 4.69) is 0 Å². The summed E-state index contributed by atoms with van der Waals surface area (Å²) in [4.78, 5) is 25.7. The van der Waals surface area contributed by atoms with Gasteiger partial charge in [0, 0.05) is 29.6 Å². The summed E-state index contributed by atoms with van der Waals surface area (Å²) in [5, 5.41) is 2.25. The molecule has 0 unspecified atom stereocenters. The predicted octanol–water partition coefficient (Wildman–Crippen LogP) is 3.77. The van der Waals surface area contributed by atoms with Crippen molar-refractivity contribution in [2.75, 3.05) is 0 Å². The molecule has 4 aromatic rings. The van der Waals surface area contributed by atoms with E-state index in [4.69, 9.17) is 0 Å². The molecule has 0 fully saturated rings. The number of aromatic nitrogens is 2. The quantitative estimate of drug-likeness (QED) is 0.529. The highest BCUT2D eigenvalue weighted by molar-refractivity contribution is 6.05. The van der Waals surface area contributed by atoms with Gasteiger partial charge in [0.05, 0.1) is 17.4 Å². The molecule has 4 heteroatoms. The first-order valence-corrected chi connectivity index (χ1v) is 8.88. The molecule has 0 spiro atoms. The Morgan fingerprint density at radius 1 is 0.846 bits per heavy atom. The second-order valence-corrected chi connectivity index (χ2v) is 6.53. The largest absolute Gasteiger partial charge is 0.315 e. The fraction of sp³-hybridized carbons (Fsp3) is 0.182. The van der Waals surface area contributed by atoms with Gasteiger partial charge in [-0.2, -0.15) is 0 Å². The number of aryl methyl sites for hydroxylation is 1. The van der Waals surface area contributed by atoms with Crippen molar-refractivity contribution in [2.24, 2.45) is 0 Å². The van der Waals surface area contributed by atoms with Gasteiger partial charge in [-0.1, -0.05) is 55.5 Å². The SMILES string of the molecule is CCCn1cc2c(=O)n(Cc3ccccc3)c3ccccc3c2cc1=O. The fourth-order valence-electron chi connectivity index (χ4n) is 3.50. The third-order valence-electron chi connectivity index (χ3n) is 4.73. The second-order valence-electron chi connectivity index (χ2n) is 6.53. The highest BCUT2D eigenvalue weighted by atomic mass is 16.1. The van der Waals surface area contributed by atoms with Crippen LogP contribution in [-0.2, 0) is 13.1 Å². The molecule has 4 nitrogen and oxygen atoms in total. The van der Waals surface area contributed by atoms with Crippen LogP contribution in [0.25, 0.3) is 21.7 Å².